The number of benzene rings is 1. The fraction of sp³-hybridized carbons (Fsp3) is 0.333. The largest absolute Gasteiger partial charge is 0.481 e. The number of carboxylic acid groups (broad SMARTS) is 1. The monoisotopic (exact) mass is 289 g/mol. The second-order valence-corrected chi connectivity index (χ2v) is 4.80. The Labute approximate surface area is 113 Å². The maximum atomic E-state index is 13.5. The summed E-state index contributed by atoms with van der Waals surface area (Å²) in [4.78, 5) is 21.7. The molecule has 4 nitrogen and oxygen atoms in total. The zero-order valence-electron chi connectivity index (χ0n) is 10.2. The fourth-order valence-corrected chi connectivity index (χ4v) is 1.99. The summed E-state index contributed by atoms with van der Waals surface area (Å²) in [5.74, 6) is -3.64. The van der Waals surface area contributed by atoms with Crippen LogP contribution in [0.5, 0.6) is 0 Å². The second-order valence-electron chi connectivity index (χ2n) is 3.82. The topological polar surface area (TPSA) is 66.4 Å². The van der Waals surface area contributed by atoms with Crippen LogP contribution in [0.1, 0.15) is 18.5 Å². The van der Waals surface area contributed by atoms with Crippen molar-refractivity contribution in [2.75, 3.05) is 11.5 Å². The SMILES string of the molecule is CC(NC(=O)CSCC(=O)O)c1cccc(F)c1F. The molecule has 1 aromatic rings. The van der Waals surface area contributed by atoms with Crippen LogP contribution in [-0.4, -0.2) is 28.5 Å². The lowest BCUT2D eigenvalue weighted by Crippen LogP contribution is -2.29. The molecule has 19 heavy (non-hydrogen) atoms. The molecule has 0 aliphatic carbocycles. The molecule has 0 radical (unpaired) electrons. The Bertz CT molecular complexity index is 482. The maximum absolute atomic E-state index is 13.5. The summed E-state index contributed by atoms with van der Waals surface area (Å²) < 4.78 is 26.5. The molecule has 0 aliphatic rings. The van der Waals surface area contributed by atoms with E-state index in [0.717, 1.165) is 17.8 Å². The molecule has 1 aromatic carbocycles. The number of carbonyl (C=O) groups is 2. The predicted molar refractivity (Wildman–Crippen MR) is 67.9 cm³/mol. The molecule has 1 amide bonds. The van der Waals surface area contributed by atoms with Crippen molar-refractivity contribution in [3.8, 4) is 0 Å². The summed E-state index contributed by atoms with van der Waals surface area (Å²) in [5.41, 5.74) is 0.0524. The molecule has 0 saturated carbocycles. The van der Waals surface area contributed by atoms with E-state index < -0.39 is 29.6 Å². The third-order valence-electron chi connectivity index (χ3n) is 2.28. The van der Waals surface area contributed by atoms with Gasteiger partial charge >= 0.3 is 5.97 Å². The summed E-state index contributed by atoms with van der Waals surface area (Å²) in [5, 5.41) is 10.9. The van der Waals surface area contributed by atoms with Crippen LogP contribution in [0.3, 0.4) is 0 Å². The van der Waals surface area contributed by atoms with Crippen molar-refractivity contribution in [3.63, 3.8) is 0 Å². The molecule has 0 bridgehead atoms. The minimum absolute atomic E-state index is 0.0480. The smallest absolute Gasteiger partial charge is 0.313 e. The normalized spacial score (nSPS) is 11.9. The molecule has 0 aliphatic heterocycles. The number of amides is 1. The van der Waals surface area contributed by atoms with E-state index in [2.05, 4.69) is 5.32 Å². The molecule has 0 aromatic heterocycles. The average Bonchev–Trinajstić information content (AvgIpc) is 2.31. The van der Waals surface area contributed by atoms with Gasteiger partial charge in [0.25, 0.3) is 0 Å². The van der Waals surface area contributed by atoms with Crippen molar-refractivity contribution >= 4 is 23.6 Å². The first kappa shape index (κ1) is 15.4. The molecule has 0 heterocycles. The van der Waals surface area contributed by atoms with Crippen molar-refractivity contribution < 1.29 is 23.5 Å². The van der Waals surface area contributed by atoms with Gasteiger partial charge in [0.1, 0.15) is 0 Å². The van der Waals surface area contributed by atoms with Crippen molar-refractivity contribution in [3.05, 3.63) is 35.4 Å². The van der Waals surface area contributed by atoms with Gasteiger partial charge in [-0.2, -0.15) is 0 Å². The molecule has 1 unspecified atom stereocenters. The summed E-state index contributed by atoms with van der Waals surface area (Å²) in [7, 11) is 0. The minimum Gasteiger partial charge on any atom is -0.481 e. The van der Waals surface area contributed by atoms with Crippen LogP contribution < -0.4 is 5.32 Å². The summed E-state index contributed by atoms with van der Waals surface area (Å²) in [6, 6.07) is 3.05. The van der Waals surface area contributed by atoms with Gasteiger partial charge in [0.05, 0.1) is 17.5 Å². The molecule has 7 heteroatoms. The Morgan fingerprint density at radius 3 is 2.68 bits per heavy atom. The molecule has 1 rings (SSSR count). The highest BCUT2D eigenvalue weighted by atomic mass is 32.2. The van der Waals surface area contributed by atoms with E-state index in [1.807, 2.05) is 0 Å². The van der Waals surface area contributed by atoms with Gasteiger partial charge in [-0.1, -0.05) is 12.1 Å². The molecule has 1 atom stereocenters. The number of rotatable bonds is 6. The van der Waals surface area contributed by atoms with Crippen LogP contribution in [-0.2, 0) is 9.59 Å². The number of halogens is 2. The lowest BCUT2D eigenvalue weighted by atomic mass is 10.1. The van der Waals surface area contributed by atoms with Gasteiger partial charge in [0.2, 0.25) is 5.91 Å². The van der Waals surface area contributed by atoms with Crippen LogP contribution in [0.4, 0.5) is 8.78 Å². The minimum atomic E-state index is -1.01. The maximum Gasteiger partial charge on any atom is 0.313 e. The fourth-order valence-electron chi connectivity index (χ4n) is 1.45. The Morgan fingerprint density at radius 2 is 2.05 bits per heavy atom. The number of carbonyl (C=O) groups excluding carboxylic acids is 1. The van der Waals surface area contributed by atoms with Crippen molar-refractivity contribution in [1.82, 2.24) is 5.32 Å². The zero-order valence-corrected chi connectivity index (χ0v) is 11.0. The first-order chi connectivity index (χ1) is 8.91. The van der Waals surface area contributed by atoms with Crippen LogP contribution in [0.25, 0.3) is 0 Å². The Balaban J connectivity index is 2.54. The van der Waals surface area contributed by atoms with Crippen LogP contribution in [0.2, 0.25) is 0 Å². The molecule has 2 N–H and O–H groups in total. The van der Waals surface area contributed by atoms with Crippen molar-refractivity contribution in [1.29, 1.82) is 0 Å². The highest BCUT2D eigenvalue weighted by Crippen LogP contribution is 2.18. The highest BCUT2D eigenvalue weighted by Gasteiger charge is 2.16. The second kappa shape index (κ2) is 7.08. The Kier molecular flexibility index (Phi) is 5.75. The van der Waals surface area contributed by atoms with E-state index in [1.165, 1.54) is 19.1 Å². The van der Waals surface area contributed by atoms with Gasteiger partial charge in [-0.05, 0) is 13.0 Å². The van der Waals surface area contributed by atoms with E-state index in [-0.39, 0.29) is 17.1 Å². The summed E-state index contributed by atoms with van der Waals surface area (Å²) in [6.45, 7) is 1.53. The first-order valence-corrected chi connectivity index (χ1v) is 6.60. The van der Waals surface area contributed by atoms with Crippen molar-refractivity contribution in [2.45, 2.75) is 13.0 Å². The Hall–Kier alpha value is -1.63. The quantitative estimate of drug-likeness (QED) is 0.840. The third-order valence-corrected chi connectivity index (χ3v) is 3.20. The van der Waals surface area contributed by atoms with E-state index >= 15 is 0 Å². The van der Waals surface area contributed by atoms with Gasteiger partial charge < -0.3 is 10.4 Å². The molecule has 0 saturated heterocycles. The number of aliphatic carboxylic acids is 1. The van der Waals surface area contributed by atoms with Gasteiger partial charge in [-0.3, -0.25) is 9.59 Å². The molecule has 0 spiro atoms. The lowest BCUT2D eigenvalue weighted by molar-refractivity contribution is -0.133. The number of hydrogen-bond donors (Lipinski definition) is 2. The molecular weight excluding hydrogens is 276 g/mol. The Morgan fingerprint density at radius 1 is 1.37 bits per heavy atom. The number of thioether (sulfide) groups is 1. The number of carboxylic acids is 1. The van der Waals surface area contributed by atoms with E-state index in [1.54, 1.807) is 0 Å². The van der Waals surface area contributed by atoms with Crippen LogP contribution in [0, 0.1) is 11.6 Å². The van der Waals surface area contributed by atoms with Crippen LogP contribution in [0.15, 0.2) is 18.2 Å². The van der Waals surface area contributed by atoms with E-state index in [9.17, 15) is 18.4 Å². The first-order valence-electron chi connectivity index (χ1n) is 5.44. The van der Waals surface area contributed by atoms with Gasteiger partial charge in [0.15, 0.2) is 11.6 Å². The number of nitrogens with one attached hydrogen (secondary N) is 1. The average molecular weight is 289 g/mol. The van der Waals surface area contributed by atoms with Crippen LogP contribution >= 0.6 is 11.8 Å². The highest BCUT2D eigenvalue weighted by molar-refractivity contribution is 8.00. The van der Waals surface area contributed by atoms with Crippen molar-refractivity contribution in [2.24, 2.45) is 0 Å². The molecule has 104 valence electrons. The molecule has 0 fully saturated rings. The summed E-state index contributed by atoms with van der Waals surface area (Å²) in [6.07, 6.45) is 0. The van der Waals surface area contributed by atoms with E-state index in [4.69, 9.17) is 5.11 Å². The van der Waals surface area contributed by atoms with E-state index in [0.29, 0.717) is 0 Å². The summed E-state index contributed by atoms with van der Waals surface area (Å²) >= 11 is 0.935. The number of hydrogen-bond acceptors (Lipinski definition) is 3. The lowest BCUT2D eigenvalue weighted by Gasteiger charge is -2.15. The zero-order chi connectivity index (χ0) is 14.4. The van der Waals surface area contributed by atoms with Gasteiger partial charge in [0, 0.05) is 5.56 Å². The third kappa shape index (κ3) is 4.86. The predicted octanol–water partition coefficient (Wildman–Crippen LogP) is 1.96. The molecular formula is C12H13F2NO3S. The van der Waals surface area contributed by atoms with Gasteiger partial charge in [-0.15, -0.1) is 11.8 Å². The van der Waals surface area contributed by atoms with Gasteiger partial charge in [-0.25, -0.2) is 8.78 Å². The standard InChI is InChI=1S/C12H13F2NO3S/c1-7(8-3-2-4-9(13)12(8)14)15-10(16)5-19-6-11(17)18/h2-4,7H,5-6H2,1H3,(H,15,16)(H,17,18).